The average molecular weight is 469 g/mol. The minimum Gasteiger partial charge on any atom is -0.353 e. The van der Waals surface area contributed by atoms with Crippen LogP contribution in [0.25, 0.3) is 0 Å². The molecule has 7 nitrogen and oxygen atoms in total. The summed E-state index contributed by atoms with van der Waals surface area (Å²) in [6, 6.07) is 10.8. The second-order valence-electron chi connectivity index (χ2n) is 7.87. The second kappa shape index (κ2) is 9.50. The largest absolute Gasteiger partial charge is 0.417 e. The number of halogens is 3. The number of anilines is 2. The smallest absolute Gasteiger partial charge is 0.353 e. The van der Waals surface area contributed by atoms with Crippen molar-refractivity contribution < 1.29 is 22.8 Å². The van der Waals surface area contributed by atoms with Gasteiger partial charge in [-0.1, -0.05) is 12.1 Å². The van der Waals surface area contributed by atoms with Crippen LogP contribution >= 0.6 is 0 Å². The molecule has 1 aliphatic rings. The molecule has 0 radical (unpaired) electrons. The molecule has 0 aliphatic carbocycles. The molecule has 2 amide bonds. The number of carbonyl (C=O) groups is 2. The van der Waals surface area contributed by atoms with Crippen LogP contribution in [0, 0.1) is 6.92 Å². The maximum absolute atomic E-state index is 13.3. The van der Waals surface area contributed by atoms with Crippen molar-refractivity contribution in [1.82, 2.24) is 14.9 Å². The molecule has 0 unspecified atom stereocenters. The van der Waals surface area contributed by atoms with Crippen molar-refractivity contribution in [1.29, 1.82) is 0 Å². The van der Waals surface area contributed by atoms with Crippen LogP contribution in [-0.4, -0.2) is 52.9 Å². The fourth-order valence-corrected chi connectivity index (χ4v) is 3.75. The summed E-state index contributed by atoms with van der Waals surface area (Å²) in [6.45, 7) is 3.40. The van der Waals surface area contributed by atoms with Crippen LogP contribution in [-0.2, 0) is 6.18 Å². The monoisotopic (exact) mass is 469 g/mol. The van der Waals surface area contributed by atoms with Gasteiger partial charge < -0.3 is 15.1 Å². The van der Waals surface area contributed by atoms with Gasteiger partial charge in [0.25, 0.3) is 11.8 Å². The lowest BCUT2D eigenvalue weighted by atomic mass is 10.1. The molecule has 3 aromatic rings. The van der Waals surface area contributed by atoms with Gasteiger partial charge in [-0.15, -0.1) is 0 Å². The van der Waals surface area contributed by atoms with Crippen molar-refractivity contribution in [3.8, 4) is 0 Å². The van der Waals surface area contributed by atoms with Crippen LogP contribution < -0.4 is 10.2 Å². The Morgan fingerprint density at radius 1 is 0.971 bits per heavy atom. The number of pyridine rings is 2. The molecule has 10 heteroatoms. The Morgan fingerprint density at radius 3 is 2.29 bits per heavy atom. The first-order valence-corrected chi connectivity index (χ1v) is 10.6. The Kier molecular flexibility index (Phi) is 6.49. The number of alkyl halides is 3. The first-order chi connectivity index (χ1) is 16.2. The van der Waals surface area contributed by atoms with E-state index in [-0.39, 0.29) is 11.8 Å². The van der Waals surface area contributed by atoms with E-state index >= 15 is 0 Å². The predicted molar refractivity (Wildman–Crippen MR) is 121 cm³/mol. The molecule has 1 fully saturated rings. The summed E-state index contributed by atoms with van der Waals surface area (Å²) in [5.74, 6) is -0.140. The van der Waals surface area contributed by atoms with Gasteiger partial charge in [0.15, 0.2) is 0 Å². The van der Waals surface area contributed by atoms with Gasteiger partial charge in [-0.05, 0) is 42.8 Å². The molecule has 0 saturated carbocycles. The van der Waals surface area contributed by atoms with Gasteiger partial charge in [0.2, 0.25) is 0 Å². The zero-order valence-corrected chi connectivity index (χ0v) is 18.3. The molecule has 0 atom stereocenters. The van der Waals surface area contributed by atoms with Crippen LogP contribution in [0.5, 0.6) is 0 Å². The standard InChI is InChI=1S/C24H22F3N5O2/c1-16-3-2-4-19(21(16)30-22(33)17-7-9-28-10-8-17)23(34)32-13-11-31(12-14-32)20-6-5-18(15-29-20)24(25,26)27/h2-10,15H,11-14H2,1H3,(H,30,33). The fourth-order valence-electron chi connectivity index (χ4n) is 3.75. The molecule has 0 spiro atoms. The van der Waals surface area contributed by atoms with Crippen molar-refractivity contribution in [2.45, 2.75) is 13.1 Å². The number of amides is 2. The molecule has 1 saturated heterocycles. The topological polar surface area (TPSA) is 78.4 Å². The van der Waals surface area contributed by atoms with E-state index in [0.717, 1.165) is 17.8 Å². The van der Waals surface area contributed by atoms with Gasteiger partial charge >= 0.3 is 6.18 Å². The third kappa shape index (κ3) is 5.00. The molecule has 2 aromatic heterocycles. The summed E-state index contributed by atoms with van der Waals surface area (Å²) in [5.41, 5.74) is 1.20. The van der Waals surface area contributed by atoms with E-state index < -0.39 is 11.7 Å². The lowest BCUT2D eigenvalue weighted by Gasteiger charge is -2.35. The molecule has 4 rings (SSSR count). The number of hydrogen-bond donors (Lipinski definition) is 1. The Bertz CT molecular complexity index is 1180. The molecule has 34 heavy (non-hydrogen) atoms. The van der Waals surface area contributed by atoms with E-state index in [1.807, 2.05) is 17.9 Å². The Morgan fingerprint density at radius 2 is 1.68 bits per heavy atom. The molecular formula is C24H22F3N5O2. The molecular weight excluding hydrogens is 447 g/mol. The number of piperazine rings is 1. The third-order valence-corrected chi connectivity index (χ3v) is 5.65. The molecule has 0 bridgehead atoms. The minimum absolute atomic E-state index is 0.228. The number of nitrogens with zero attached hydrogens (tertiary/aromatic N) is 4. The number of para-hydroxylation sites is 1. The van der Waals surface area contributed by atoms with Crippen molar-refractivity contribution in [3.05, 3.63) is 83.3 Å². The van der Waals surface area contributed by atoms with Gasteiger partial charge in [0.1, 0.15) is 5.82 Å². The van der Waals surface area contributed by atoms with Crippen LogP contribution in [0.15, 0.2) is 61.1 Å². The molecule has 1 aromatic carbocycles. The molecule has 3 heterocycles. The number of nitrogens with one attached hydrogen (secondary N) is 1. The van der Waals surface area contributed by atoms with E-state index in [1.165, 1.54) is 18.5 Å². The summed E-state index contributed by atoms with van der Waals surface area (Å²) < 4.78 is 38.3. The number of carbonyl (C=O) groups excluding carboxylic acids is 2. The normalized spacial score (nSPS) is 14.1. The second-order valence-corrected chi connectivity index (χ2v) is 7.87. The SMILES string of the molecule is Cc1cccc(C(=O)N2CCN(c3ccc(C(F)(F)F)cn3)CC2)c1NC(=O)c1ccncc1. The zero-order valence-electron chi connectivity index (χ0n) is 18.3. The lowest BCUT2D eigenvalue weighted by Crippen LogP contribution is -2.49. The highest BCUT2D eigenvalue weighted by Crippen LogP contribution is 2.30. The van der Waals surface area contributed by atoms with E-state index in [1.54, 1.807) is 29.2 Å². The third-order valence-electron chi connectivity index (χ3n) is 5.65. The Hall–Kier alpha value is -3.95. The Labute approximate surface area is 194 Å². The van der Waals surface area contributed by atoms with E-state index in [2.05, 4.69) is 15.3 Å². The maximum Gasteiger partial charge on any atom is 0.417 e. The predicted octanol–water partition coefficient (Wildman–Crippen LogP) is 4.02. The molecule has 1 aliphatic heterocycles. The fraction of sp³-hybridized carbons (Fsp3) is 0.250. The van der Waals surface area contributed by atoms with Crippen molar-refractivity contribution in [2.24, 2.45) is 0 Å². The first-order valence-electron chi connectivity index (χ1n) is 10.6. The van der Waals surface area contributed by atoms with Crippen LogP contribution in [0.4, 0.5) is 24.7 Å². The number of benzene rings is 1. The highest BCUT2D eigenvalue weighted by atomic mass is 19.4. The van der Waals surface area contributed by atoms with E-state index in [0.29, 0.717) is 48.8 Å². The number of hydrogen-bond acceptors (Lipinski definition) is 5. The summed E-state index contributed by atoms with van der Waals surface area (Å²) >= 11 is 0. The summed E-state index contributed by atoms with van der Waals surface area (Å²) in [4.78, 5) is 37.3. The van der Waals surface area contributed by atoms with Crippen molar-refractivity contribution >= 4 is 23.3 Å². The number of aromatic nitrogens is 2. The molecule has 1 N–H and O–H groups in total. The van der Waals surface area contributed by atoms with Crippen LogP contribution in [0.3, 0.4) is 0 Å². The van der Waals surface area contributed by atoms with Crippen molar-refractivity contribution in [3.63, 3.8) is 0 Å². The lowest BCUT2D eigenvalue weighted by molar-refractivity contribution is -0.137. The minimum atomic E-state index is -4.44. The number of rotatable bonds is 4. The van der Waals surface area contributed by atoms with Gasteiger partial charge in [0.05, 0.1) is 16.8 Å². The van der Waals surface area contributed by atoms with Gasteiger partial charge in [-0.2, -0.15) is 13.2 Å². The molecule has 176 valence electrons. The average Bonchev–Trinajstić information content (AvgIpc) is 2.85. The highest BCUT2D eigenvalue weighted by Gasteiger charge is 2.31. The zero-order chi connectivity index (χ0) is 24.3. The highest BCUT2D eigenvalue weighted by molar-refractivity contribution is 6.09. The van der Waals surface area contributed by atoms with Crippen molar-refractivity contribution in [2.75, 3.05) is 36.4 Å². The summed E-state index contributed by atoms with van der Waals surface area (Å²) in [5, 5.41) is 2.84. The van der Waals surface area contributed by atoms with E-state index in [9.17, 15) is 22.8 Å². The number of aryl methyl sites for hydroxylation is 1. The van der Waals surface area contributed by atoms with Gasteiger partial charge in [0, 0.05) is 50.3 Å². The first kappa shape index (κ1) is 23.2. The van der Waals surface area contributed by atoms with Crippen LogP contribution in [0.1, 0.15) is 31.8 Å². The van der Waals surface area contributed by atoms with Gasteiger partial charge in [-0.3, -0.25) is 14.6 Å². The van der Waals surface area contributed by atoms with Gasteiger partial charge in [-0.25, -0.2) is 4.98 Å². The quantitative estimate of drug-likeness (QED) is 0.625. The summed E-state index contributed by atoms with van der Waals surface area (Å²) in [6.07, 6.45) is -0.583. The Balaban J connectivity index is 1.45. The van der Waals surface area contributed by atoms with E-state index in [4.69, 9.17) is 0 Å². The maximum atomic E-state index is 13.3. The van der Waals surface area contributed by atoms with Crippen LogP contribution in [0.2, 0.25) is 0 Å². The summed E-state index contributed by atoms with van der Waals surface area (Å²) in [7, 11) is 0.